The maximum atomic E-state index is 13.2. The first-order valence-corrected chi connectivity index (χ1v) is 11.6. The topological polar surface area (TPSA) is 120 Å². The number of anilines is 1. The third-order valence-corrected chi connectivity index (χ3v) is 5.83. The van der Waals surface area contributed by atoms with Gasteiger partial charge in [-0.25, -0.2) is 14.5 Å². The molecule has 180 valence electrons. The molecule has 0 fully saturated rings. The molecular formula is C26H27N5O4. The van der Waals surface area contributed by atoms with Crippen LogP contribution in [0.1, 0.15) is 44.0 Å². The van der Waals surface area contributed by atoms with Crippen molar-refractivity contribution in [3.8, 4) is 5.69 Å². The van der Waals surface area contributed by atoms with Crippen molar-refractivity contribution in [2.75, 3.05) is 18.0 Å². The molecule has 0 saturated carbocycles. The Labute approximate surface area is 201 Å². The Bertz CT molecular complexity index is 1470. The molecule has 2 aromatic carbocycles. The van der Waals surface area contributed by atoms with Crippen LogP contribution in [0.2, 0.25) is 0 Å². The van der Waals surface area contributed by atoms with Crippen LogP contribution in [0.5, 0.6) is 0 Å². The fourth-order valence-electron chi connectivity index (χ4n) is 4.12. The van der Waals surface area contributed by atoms with Crippen LogP contribution in [0.4, 0.5) is 11.4 Å². The van der Waals surface area contributed by atoms with Gasteiger partial charge in [0.05, 0.1) is 22.2 Å². The molecule has 1 amide bonds. The zero-order valence-corrected chi connectivity index (χ0v) is 19.9. The van der Waals surface area contributed by atoms with E-state index < -0.39 is 17.4 Å². The third kappa shape index (κ3) is 4.70. The number of nitrogens with zero attached hydrogens (tertiary/aromatic N) is 4. The van der Waals surface area contributed by atoms with Crippen molar-refractivity contribution in [2.24, 2.45) is 9.98 Å². The van der Waals surface area contributed by atoms with Gasteiger partial charge in [-0.15, -0.1) is 0 Å². The first-order valence-electron chi connectivity index (χ1n) is 11.6. The number of aromatic amines is 1. The summed E-state index contributed by atoms with van der Waals surface area (Å²) >= 11 is 0. The number of fused-ring (bicyclic) bond motifs is 1. The number of carboxylic acid groups (broad SMARTS) is 1. The van der Waals surface area contributed by atoms with Crippen molar-refractivity contribution in [1.82, 2.24) is 9.78 Å². The molecule has 3 aromatic rings. The van der Waals surface area contributed by atoms with Crippen LogP contribution in [0.15, 0.2) is 63.3 Å². The number of hydrogen-bond donors (Lipinski definition) is 2. The van der Waals surface area contributed by atoms with Crippen LogP contribution >= 0.6 is 0 Å². The van der Waals surface area contributed by atoms with E-state index in [4.69, 9.17) is 5.11 Å². The van der Waals surface area contributed by atoms with Crippen molar-refractivity contribution in [3.05, 3.63) is 75.2 Å². The highest BCUT2D eigenvalue weighted by Gasteiger charge is 2.22. The summed E-state index contributed by atoms with van der Waals surface area (Å²) in [6.07, 6.45) is 2.10. The van der Waals surface area contributed by atoms with E-state index in [-0.39, 0.29) is 22.0 Å². The van der Waals surface area contributed by atoms with Crippen molar-refractivity contribution < 1.29 is 14.7 Å². The summed E-state index contributed by atoms with van der Waals surface area (Å²) in [6.45, 7) is 7.90. The second-order valence-corrected chi connectivity index (χ2v) is 8.33. The highest BCUT2D eigenvalue weighted by atomic mass is 16.4. The lowest BCUT2D eigenvalue weighted by atomic mass is 10.1. The lowest BCUT2D eigenvalue weighted by molar-refractivity contribution is -0.112. The van der Waals surface area contributed by atoms with Gasteiger partial charge >= 0.3 is 5.97 Å². The largest absolute Gasteiger partial charge is 0.478 e. The monoisotopic (exact) mass is 473 g/mol. The molecule has 0 spiro atoms. The number of rotatable bonds is 8. The van der Waals surface area contributed by atoms with Crippen LogP contribution in [-0.2, 0) is 4.79 Å². The minimum absolute atomic E-state index is 0.105. The molecule has 0 radical (unpaired) electrons. The van der Waals surface area contributed by atoms with E-state index in [1.807, 2.05) is 24.3 Å². The van der Waals surface area contributed by atoms with E-state index in [9.17, 15) is 14.4 Å². The molecule has 0 saturated heterocycles. The van der Waals surface area contributed by atoms with Gasteiger partial charge in [0, 0.05) is 18.8 Å². The van der Waals surface area contributed by atoms with Gasteiger partial charge in [-0.05, 0) is 73.9 Å². The number of carboxylic acids is 1. The minimum Gasteiger partial charge on any atom is -0.478 e. The Balaban J connectivity index is 1.72. The molecule has 1 aliphatic rings. The molecule has 1 aliphatic heterocycles. The fourth-order valence-corrected chi connectivity index (χ4v) is 4.12. The summed E-state index contributed by atoms with van der Waals surface area (Å²) in [6, 6.07) is 13.5. The molecule has 0 aliphatic carbocycles. The number of nitrogens with one attached hydrogen (secondary N) is 1. The highest BCUT2D eigenvalue weighted by Crippen LogP contribution is 2.22. The van der Waals surface area contributed by atoms with E-state index in [0.29, 0.717) is 16.9 Å². The molecule has 0 bridgehead atoms. The Morgan fingerprint density at radius 2 is 1.66 bits per heavy atom. The lowest BCUT2D eigenvalue weighted by Gasteiger charge is -2.23. The summed E-state index contributed by atoms with van der Waals surface area (Å²) in [7, 11) is 0. The zero-order chi connectivity index (χ0) is 25.1. The van der Waals surface area contributed by atoms with Gasteiger partial charge in [0.25, 0.3) is 11.5 Å². The van der Waals surface area contributed by atoms with Gasteiger partial charge in [-0.1, -0.05) is 13.8 Å². The van der Waals surface area contributed by atoms with Crippen LogP contribution in [0.25, 0.3) is 11.3 Å². The quantitative estimate of drug-likeness (QED) is 0.521. The molecule has 2 heterocycles. The second kappa shape index (κ2) is 9.92. The average Bonchev–Trinajstić information content (AvgIpc) is 3.18. The number of amides is 1. The summed E-state index contributed by atoms with van der Waals surface area (Å²) in [5.74, 6) is -1.59. The van der Waals surface area contributed by atoms with Crippen molar-refractivity contribution in [2.45, 2.75) is 33.6 Å². The van der Waals surface area contributed by atoms with Crippen molar-refractivity contribution >= 4 is 34.5 Å². The standard InChI is InChI=1S/C26H27N5O4/c1-4-14-30(15-5-2)19-12-8-18(9-13-19)27-22-16(3)21-23(28-24(22)32)29-31(25(21)33)20-10-6-17(7-11-20)26(34)35/h6-13H,4-5,14-15H2,1-3H3,(H,34,35)(H,28,29,32). The molecule has 1 aromatic heterocycles. The molecule has 35 heavy (non-hydrogen) atoms. The Morgan fingerprint density at radius 1 is 1.03 bits per heavy atom. The number of carbonyl (C=O) groups excluding carboxylic acids is 1. The zero-order valence-electron chi connectivity index (χ0n) is 19.9. The van der Waals surface area contributed by atoms with Crippen LogP contribution in [0, 0.1) is 0 Å². The van der Waals surface area contributed by atoms with E-state index in [1.54, 1.807) is 6.92 Å². The number of H-pyrrole nitrogens is 1. The maximum Gasteiger partial charge on any atom is 0.335 e. The first-order chi connectivity index (χ1) is 16.8. The van der Waals surface area contributed by atoms with E-state index in [0.717, 1.165) is 31.6 Å². The number of aliphatic imine (C=N–C) groups is 1. The SMILES string of the molecule is CCCN(CCC)c1ccc(N=C2C(=O)N=c3[nH]n(-c4ccc(C(=O)O)cc4)c(=O)c3=C2C)cc1. The number of benzene rings is 2. The number of hydrogen-bond acceptors (Lipinski definition) is 5. The average molecular weight is 474 g/mol. The Morgan fingerprint density at radius 3 is 2.23 bits per heavy atom. The summed E-state index contributed by atoms with van der Waals surface area (Å²) < 4.78 is 1.24. The smallest absolute Gasteiger partial charge is 0.335 e. The number of aromatic carboxylic acids is 1. The highest BCUT2D eigenvalue weighted by molar-refractivity contribution is 6.54. The summed E-state index contributed by atoms with van der Waals surface area (Å²) in [4.78, 5) is 47.9. The molecule has 0 unspecified atom stereocenters. The Kier molecular flexibility index (Phi) is 6.77. The predicted octanol–water partition coefficient (Wildman–Crippen LogP) is 2.59. The Hall–Kier alpha value is -4.27. The van der Waals surface area contributed by atoms with Crippen LogP contribution in [-0.4, -0.2) is 45.6 Å². The molecule has 2 N–H and O–H groups in total. The van der Waals surface area contributed by atoms with Crippen molar-refractivity contribution in [1.29, 1.82) is 0 Å². The number of aromatic nitrogens is 2. The van der Waals surface area contributed by atoms with E-state index >= 15 is 0 Å². The first kappa shape index (κ1) is 23.9. The van der Waals surface area contributed by atoms with E-state index in [1.165, 1.54) is 28.9 Å². The van der Waals surface area contributed by atoms with Gasteiger partial charge in [-0.2, -0.15) is 4.99 Å². The van der Waals surface area contributed by atoms with Gasteiger partial charge in [0.1, 0.15) is 5.71 Å². The maximum absolute atomic E-state index is 13.2. The molecule has 4 rings (SSSR count). The van der Waals surface area contributed by atoms with Crippen molar-refractivity contribution in [3.63, 3.8) is 0 Å². The van der Waals surface area contributed by atoms with Gasteiger partial charge in [0.2, 0.25) is 0 Å². The summed E-state index contributed by atoms with van der Waals surface area (Å²) in [5.41, 5.74) is 2.55. The van der Waals surface area contributed by atoms with Crippen LogP contribution in [0.3, 0.4) is 0 Å². The van der Waals surface area contributed by atoms with E-state index in [2.05, 4.69) is 33.8 Å². The molecule has 0 atom stereocenters. The third-order valence-electron chi connectivity index (χ3n) is 5.83. The van der Waals surface area contributed by atoms with Gasteiger partial charge < -0.3 is 10.0 Å². The predicted molar refractivity (Wildman–Crippen MR) is 135 cm³/mol. The number of carbonyl (C=O) groups is 2. The van der Waals surface area contributed by atoms with Crippen LogP contribution < -0.4 is 21.2 Å². The normalized spacial score (nSPS) is 14.1. The lowest BCUT2D eigenvalue weighted by Crippen LogP contribution is -2.43. The molecule has 9 heteroatoms. The summed E-state index contributed by atoms with van der Waals surface area (Å²) in [5, 5.41) is 12.2. The second-order valence-electron chi connectivity index (χ2n) is 8.33. The fraction of sp³-hybridized carbons (Fsp3) is 0.269. The molecule has 9 nitrogen and oxygen atoms in total. The molecular weight excluding hydrogens is 446 g/mol. The minimum atomic E-state index is -1.06. The van der Waals surface area contributed by atoms with Gasteiger partial charge in [-0.3, -0.25) is 14.7 Å². The van der Waals surface area contributed by atoms with Gasteiger partial charge in [0.15, 0.2) is 5.49 Å².